The van der Waals surface area contributed by atoms with Crippen molar-refractivity contribution in [1.29, 1.82) is 0 Å². The van der Waals surface area contributed by atoms with Crippen LogP contribution in [-0.2, 0) is 0 Å². The van der Waals surface area contributed by atoms with Crippen LogP contribution in [0.4, 0.5) is 0 Å². The summed E-state index contributed by atoms with van der Waals surface area (Å²) in [6.07, 6.45) is 0. The molecule has 0 atom stereocenters. The molecule has 14 heavy (non-hydrogen) atoms. The second kappa shape index (κ2) is 3.20. The first-order valence-electron chi connectivity index (χ1n) is 4.63. The average molecular weight is 244 g/mol. The monoisotopic (exact) mass is 245 g/mol. The zero-order chi connectivity index (χ0) is 9.38. The molecule has 0 saturated carbocycles. The second-order valence-electron chi connectivity index (χ2n) is 3.32. The maximum absolute atomic E-state index is 2.37. The number of benzene rings is 2. The standard InChI is InChI=1S/C13H9Se/c1-2-6-11-10(5-1)9-14-13-8-4-3-7-12(11)13/h1-9H/q+1. The Hall–Kier alpha value is -1.17. The van der Waals surface area contributed by atoms with E-state index in [1.165, 1.54) is 20.4 Å². The van der Waals surface area contributed by atoms with Gasteiger partial charge in [0.05, 0.1) is 0 Å². The van der Waals surface area contributed by atoms with Crippen LogP contribution in [0.2, 0.25) is 0 Å². The molecule has 0 amide bonds. The van der Waals surface area contributed by atoms with Crippen LogP contribution in [0.25, 0.3) is 20.4 Å². The molecular weight excluding hydrogens is 235 g/mol. The van der Waals surface area contributed by atoms with Crippen molar-refractivity contribution in [2.45, 2.75) is 0 Å². The number of hydrogen-bond donors (Lipinski definition) is 0. The molecule has 2 aromatic carbocycles. The Labute approximate surface area is 88.6 Å². The fourth-order valence-electron chi connectivity index (χ4n) is 1.76. The summed E-state index contributed by atoms with van der Waals surface area (Å²) in [5.74, 6) is 0. The van der Waals surface area contributed by atoms with E-state index in [0.717, 1.165) is 0 Å². The molecule has 0 radical (unpaired) electrons. The third-order valence-electron chi connectivity index (χ3n) is 2.45. The van der Waals surface area contributed by atoms with Crippen LogP contribution in [0.5, 0.6) is 0 Å². The molecule has 0 aliphatic carbocycles. The molecule has 0 nitrogen and oxygen atoms in total. The predicted octanol–water partition coefficient (Wildman–Crippen LogP) is 3.33. The third kappa shape index (κ3) is 1.18. The quantitative estimate of drug-likeness (QED) is 0.420. The van der Waals surface area contributed by atoms with Crippen molar-refractivity contribution < 1.29 is 0 Å². The number of rotatable bonds is 0. The van der Waals surface area contributed by atoms with E-state index in [9.17, 15) is 0 Å². The van der Waals surface area contributed by atoms with Gasteiger partial charge in [0.1, 0.15) is 0 Å². The third-order valence-corrected chi connectivity index (χ3v) is 4.51. The van der Waals surface area contributed by atoms with Crippen molar-refractivity contribution in [3.63, 3.8) is 0 Å². The molecule has 1 aromatic heterocycles. The molecule has 1 heteroatoms. The summed E-state index contributed by atoms with van der Waals surface area (Å²) in [7, 11) is 0. The Morgan fingerprint density at radius 2 is 1.43 bits per heavy atom. The fourth-order valence-corrected chi connectivity index (χ4v) is 3.70. The SMILES string of the molecule is c1ccc2c(c1)c[se+]c1ccccc12. The van der Waals surface area contributed by atoms with Crippen LogP contribution in [0.3, 0.4) is 0 Å². The molecular formula is C13H9Se+. The van der Waals surface area contributed by atoms with Gasteiger partial charge in [0.25, 0.3) is 0 Å². The van der Waals surface area contributed by atoms with Gasteiger partial charge >= 0.3 is 88.4 Å². The Morgan fingerprint density at radius 1 is 0.714 bits per heavy atom. The van der Waals surface area contributed by atoms with E-state index in [2.05, 4.69) is 53.5 Å². The summed E-state index contributed by atoms with van der Waals surface area (Å²) >= 11 is 0.505. The van der Waals surface area contributed by atoms with E-state index in [0.29, 0.717) is 14.5 Å². The van der Waals surface area contributed by atoms with Gasteiger partial charge in [0.15, 0.2) is 0 Å². The van der Waals surface area contributed by atoms with E-state index in [1.807, 2.05) is 0 Å². The van der Waals surface area contributed by atoms with Crippen LogP contribution in [0.1, 0.15) is 0 Å². The predicted molar refractivity (Wildman–Crippen MR) is 62.8 cm³/mol. The minimum absolute atomic E-state index is 0.505. The molecule has 0 fully saturated rings. The van der Waals surface area contributed by atoms with Crippen LogP contribution in [0.15, 0.2) is 53.5 Å². The Morgan fingerprint density at radius 3 is 2.36 bits per heavy atom. The molecule has 0 bridgehead atoms. The number of hydrogen-bond acceptors (Lipinski definition) is 0. The Balaban J connectivity index is 2.61. The summed E-state index contributed by atoms with van der Waals surface area (Å²) in [5.41, 5.74) is 0. The van der Waals surface area contributed by atoms with Crippen molar-refractivity contribution in [2.24, 2.45) is 0 Å². The summed E-state index contributed by atoms with van der Waals surface area (Å²) in [5, 5.41) is 4.20. The summed E-state index contributed by atoms with van der Waals surface area (Å²) < 4.78 is 1.50. The van der Waals surface area contributed by atoms with Crippen molar-refractivity contribution in [1.82, 2.24) is 0 Å². The van der Waals surface area contributed by atoms with Crippen LogP contribution in [-0.4, -0.2) is 14.5 Å². The topological polar surface area (TPSA) is 0 Å². The van der Waals surface area contributed by atoms with Crippen LogP contribution >= 0.6 is 0 Å². The van der Waals surface area contributed by atoms with E-state index in [-0.39, 0.29) is 0 Å². The average Bonchev–Trinajstić information content (AvgIpc) is 2.29. The Bertz CT molecular complexity index is 544. The van der Waals surface area contributed by atoms with Crippen molar-refractivity contribution in [2.75, 3.05) is 0 Å². The van der Waals surface area contributed by atoms with Gasteiger partial charge in [0, 0.05) is 0 Å². The molecule has 0 unspecified atom stereocenters. The summed E-state index contributed by atoms with van der Waals surface area (Å²) in [6.45, 7) is 0. The first-order chi connectivity index (χ1) is 6.95. The molecule has 0 spiro atoms. The van der Waals surface area contributed by atoms with E-state index >= 15 is 0 Å². The summed E-state index contributed by atoms with van der Waals surface area (Å²) in [6, 6.07) is 17.3. The van der Waals surface area contributed by atoms with E-state index < -0.39 is 0 Å². The maximum atomic E-state index is 2.37. The van der Waals surface area contributed by atoms with E-state index in [1.54, 1.807) is 0 Å². The zero-order valence-electron chi connectivity index (χ0n) is 7.60. The van der Waals surface area contributed by atoms with Gasteiger partial charge in [-0.3, -0.25) is 0 Å². The van der Waals surface area contributed by atoms with Gasteiger partial charge in [-0.15, -0.1) is 0 Å². The van der Waals surface area contributed by atoms with E-state index in [4.69, 9.17) is 0 Å². The zero-order valence-corrected chi connectivity index (χ0v) is 9.32. The van der Waals surface area contributed by atoms with Gasteiger partial charge in [-0.25, -0.2) is 0 Å². The van der Waals surface area contributed by atoms with Gasteiger partial charge in [-0.2, -0.15) is 0 Å². The van der Waals surface area contributed by atoms with Crippen LogP contribution < -0.4 is 0 Å². The fraction of sp³-hybridized carbons (Fsp3) is 0. The molecule has 0 saturated heterocycles. The molecule has 66 valence electrons. The number of fused-ring (bicyclic) bond motifs is 3. The van der Waals surface area contributed by atoms with Gasteiger partial charge in [-0.1, -0.05) is 0 Å². The van der Waals surface area contributed by atoms with Crippen molar-refractivity contribution >= 4 is 34.9 Å². The van der Waals surface area contributed by atoms with Gasteiger partial charge in [0.2, 0.25) is 0 Å². The normalized spacial score (nSPS) is 10.9. The van der Waals surface area contributed by atoms with Gasteiger partial charge < -0.3 is 0 Å². The second-order valence-corrected chi connectivity index (χ2v) is 5.23. The first-order valence-corrected chi connectivity index (χ1v) is 6.48. The van der Waals surface area contributed by atoms with Crippen molar-refractivity contribution in [3.8, 4) is 0 Å². The molecule has 0 aliphatic heterocycles. The molecule has 0 aliphatic rings. The van der Waals surface area contributed by atoms with Crippen LogP contribution in [0, 0.1) is 0 Å². The molecule has 3 aromatic rings. The molecule has 1 heterocycles. The Kier molecular flexibility index (Phi) is 1.86. The molecule has 3 rings (SSSR count). The summed E-state index contributed by atoms with van der Waals surface area (Å²) in [4.78, 5) is 2.37. The minimum atomic E-state index is 0.505. The first kappa shape index (κ1) is 8.16. The van der Waals surface area contributed by atoms with Gasteiger partial charge in [-0.05, 0) is 0 Å². The van der Waals surface area contributed by atoms with Crippen molar-refractivity contribution in [3.05, 3.63) is 53.5 Å². The molecule has 0 N–H and O–H groups in total.